The Hall–Kier alpha value is -2.58. The van der Waals surface area contributed by atoms with E-state index in [2.05, 4.69) is 10.6 Å². The Kier molecular flexibility index (Phi) is 8.27. The third-order valence-corrected chi connectivity index (χ3v) is 4.59. The number of rotatable bonds is 10. The van der Waals surface area contributed by atoms with Crippen LogP contribution in [-0.4, -0.2) is 55.7 Å². The highest BCUT2D eigenvalue weighted by Crippen LogP contribution is 2.25. The minimum absolute atomic E-state index is 0.0941. The van der Waals surface area contributed by atoms with Gasteiger partial charge in [-0.2, -0.15) is 0 Å². The number of methoxy groups -OCH3 is 1. The number of aldehydes is 1. The Labute approximate surface area is 158 Å². The van der Waals surface area contributed by atoms with Crippen LogP contribution in [0.15, 0.2) is 30.3 Å². The molecule has 148 valence electrons. The summed E-state index contributed by atoms with van der Waals surface area (Å²) in [7, 11) is 2.67. The lowest BCUT2D eigenvalue weighted by Gasteiger charge is -2.37. The molecule has 0 saturated heterocycles. The first kappa shape index (κ1) is 22.5. The molecule has 0 aromatic heterocycles. The fraction of sp³-hybridized carbons (Fsp3) is 0.474. The molecule has 0 saturated carbocycles. The van der Waals surface area contributed by atoms with Gasteiger partial charge >= 0.3 is 0 Å². The predicted molar refractivity (Wildman–Crippen MR) is 99.8 cm³/mol. The molecule has 3 atom stereocenters. The number of carbonyl (C=O) groups excluding carboxylic acids is 4. The third-order valence-electron chi connectivity index (χ3n) is 4.59. The molecule has 0 bridgehead atoms. The van der Waals surface area contributed by atoms with Crippen LogP contribution in [-0.2, 0) is 30.3 Å². The maximum Gasteiger partial charge on any atom is 0.242 e. The monoisotopic (exact) mass is 377 g/mol. The lowest BCUT2D eigenvalue weighted by molar-refractivity contribution is -0.158. The second kappa shape index (κ2) is 9.94. The zero-order valence-electron chi connectivity index (χ0n) is 16.0. The highest BCUT2D eigenvalue weighted by atomic mass is 16.5. The number of carbonyl (C=O) groups is 4. The maximum absolute atomic E-state index is 12.7. The van der Waals surface area contributed by atoms with E-state index in [1.807, 2.05) is 30.3 Å². The molecule has 0 aliphatic rings. The number of nitrogens with one attached hydrogen (secondary N) is 2. The van der Waals surface area contributed by atoms with E-state index in [9.17, 15) is 19.2 Å². The van der Waals surface area contributed by atoms with E-state index >= 15 is 0 Å². The van der Waals surface area contributed by atoms with Gasteiger partial charge < -0.3 is 21.1 Å². The van der Waals surface area contributed by atoms with Crippen LogP contribution >= 0.6 is 0 Å². The summed E-state index contributed by atoms with van der Waals surface area (Å²) in [6.45, 7) is 3.25. The minimum atomic E-state index is -1.81. The normalized spacial score (nSPS) is 15.3. The summed E-state index contributed by atoms with van der Waals surface area (Å²) in [4.78, 5) is 48.2. The first-order valence-corrected chi connectivity index (χ1v) is 8.60. The fourth-order valence-corrected chi connectivity index (χ4v) is 3.04. The molecule has 1 aromatic rings. The number of nitrogens with two attached hydrogens (primary N) is 1. The van der Waals surface area contributed by atoms with E-state index < -0.39 is 41.2 Å². The number of amides is 2. The van der Waals surface area contributed by atoms with Crippen LogP contribution in [0, 0.1) is 5.92 Å². The van der Waals surface area contributed by atoms with Crippen molar-refractivity contribution in [3.63, 3.8) is 0 Å². The molecule has 0 aliphatic carbocycles. The quantitative estimate of drug-likeness (QED) is 0.376. The lowest BCUT2D eigenvalue weighted by Crippen LogP contribution is -2.66. The van der Waals surface area contributed by atoms with Crippen molar-refractivity contribution in [2.75, 3.05) is 14.2 Å². The van der Waals surface area contributed by atoms with Crippen molar-refractivity contribution < 1.29 is 23.9 Å². The number of benzene rings is 1. The van der Waals surface area contributed by atoms with Crippen molar-refractivity contribution in [1.29, 1.82) is 0 Å². The summed E-state index contributed by atoms with van der Waals surface area (Å²) >= 11 is 0. The molecular weight excluding hydrogens is 350 g/mol. The zero-order chi connectivity index (χ0) is 20.6. The summed E-state index contributed by atoms with van der Waals surface area (Å²) in [5, 5.41) is 5.06. The van der Waals surface area contributed by atoms with Gasteiger partial charge in [0.1, 0.15) is 12.1 Å². The topological polar surface area (TPSA) is 128 Å². The summed E-state index contributed by atoms with van der Waals surface area (Å²) < 4.78 is 5.25. The summed E-state index contributed by atoms with van der Waals surface area (Å²) in [5.41, 5.74) is 5.04. The van der Waals surface area contributed by atoms with Crippen LogP contribution in [0.2, 0.25) is 0 Å². The van der Waals surface area contributed by atoms with E-state index in [-0.39, 0.29) is 12.7 Å². The SMILES string of the molecule is CNC(=O)[C@H](Cc1ccccc1)NC(=O)[C@@H](N)C(OC)(C(=O)C=O)C(C)C. The predicted octanol–water partition coefficient (Wildman–Crippen LogP) is -0.404. The van der Waals surface area contributed by atoms with E-state index in [0.29, 0.717) is 0 Å². The van der Waals surface area contributed by atoms with Crippen molar-refractivity contribution in [2.24, 2.45) is 11.7 Å². The number of likely N-dealkylation sites (N-methyl/N-ethyl adjacent to an activating group) is 1. The van der Waals surface area contributed by atoms with Gasteiger partial charge in [0.25, 0.3) is 0 Å². The summed E-state index contributed by atoms with van der Waals surface area (Å²) in [6.07, 6.45) is 0.332. The van der Waals surface area contributed by atoms with Crippen LogP contribution < -0.4 is 16.4 Å². The van der Waals surface area contributed by atoms with Gasteiger partial charge in [0.05, 0.1) is 0 Å². The number of ether oxygens (including phenoxy) is 1. The van der Waals surface area contributed by atoms with Crippen LogP contribution in [0.3, 0.4) is 0 Å². The average molecular weight is 377 g/mol. The van der Waals surface area contributed by atoms with Gasteiger partial charge in [0, 0.05) is 20.6 Å². The van der Waals surface area contributed by atoms with Gasteiger partial charge in [-0.05, 0) is 11.5 Å². The average Bonchev–Trinajstić information content (AvgIpc) is 2.67. The van der Waals surface area contributed by atoms with Gasteiger partial charge in [-0.3, -0.25) is 19.2 Å². The molecule has 1 rings (SSSR count). The van der Waals surface area contributed by atoms with Crippen molar-refractivity contribution in [3.05, 3.63) is 35.9 Å². The molecule has 4 N–H and O–H groups in total. The first-order valence-electron chi connectivity index (χ1n) is 8.60. The fourth-order valence-electron chi connectivity index (χ4n) is 3.04. The molecule has 0 heterocycles. The second-order valence-corrected chi connectivity index (χ2v) is 6.48. The molecule has 0 spiro atoms. The van der Waals surface area contributed by atoms with Crippen LogP contribution in [0.25, 0.3) is 0 Å². The zero-order valence-corrected chi connectivity index (χ0v) is 16.0. The van der Waals surface area contributed by atoms with E-state index in [0.717, 1.165) is 5.56 Å². The highest BCUT2D eigenvalue weighted by Gasteiger charge is 2.50. The molecule has 1 unspecified atom stereocenters. The summed E-state index contributed by atoms with van der Waals surface area (Å²) in [6, 6.07) is 6.76. The number of ketones is 1. The maximum atomic E-state index is 12.7. The number of hydrogen-bond acceptors (Lipinski definition) is 6. The van der Waals surface area contributed by atoms with E-state index in [4.69, 9.17) is 10.5 Å². The first-order chi connectivity index (χ1) is 12.7. The Balaban J connectivity index is 3.09. The molecule has 8 nitrogen and oxygen atoms in total. The van der Waals surface area contributed by atoms with Crippen molar-refractivity contribution in [3.8, 4) is 0 Å². The number of hydrogen-bond donors (Lipinski definition) is 3. The second-order valence-electron chi connectivity index (χ2n) is 6.48. The smallest absolute Gasteiger partial charge is 0.242 e. The number of Topliss-reactive ketones (excluding diaryl/α,β-unsaturated/α-hetero) is 1. The molecular formula is C19H27N3O5. The van der Waals surface area contributed by atoms with Gasteiger partial charge in [-0.25, -0.2) is 0 Å². The molecule has 1 aromatic carbocycles. The molecule has 27 heavy (non-hydrogen) atoms. The Bertz CT molecular complexity index is 677. The van der Waals surface area contributed by atoms with Crippen molar-refractivity contribution >= 4 is 23.9 Å². The lowest BCUT2D eigenvalue weighted by atomic mass is 9.79. The highest BCUT2D eigenvalue weighted by molar-refractivity contribution is 6.30. The van der Waals surface area contributed by atoms with Gasteiger partial charge in [-0.15, -0.1) is 0 Å². The van der Waals surface area contributed by atoms with Crippen LogP contribution in [0.4, 0.5) is 0 Å². The third kappa shape index (κ3) is 4.99. The molecule has 0 fully saturated rings. The van der Waals surface area contributed by atoms with Crippen molar-refractivity contribution in [1.82, 2.24) is 10.6 Å². The standard InChI is InChI=1S/C19H27N3O5/c1-12(2)19(27-4,15(24)11-23)16(20)18(26)22-14(17(25)21-3)10-13-8-6-5-7-9-13/h5-9,11-12,14,16H,10,20H2,1-4H3,(H,21,25)(H,22,26)/t14-,16+,19?/m0/s1. The Morgan fingerprint density at radius 3 is 2.22 bits per heavy atom. The summed E-state index contributed by atoms with van der Waals surface area (Å²) in [5.74, 6) is -2.64. The van der Waals surface area contributed by atoms with E-state index in [1.54, 1.807) is 13.8 Å². The molecule has 0 aliphatic heterocycles. The molecule has 8 heteroatoms. The Morgan fingerprint density at radius 2 is 1.78 bits per heavy atom. The van der Waals surface area contributed by atoms with Crippen LogP contribution in [0.1, 0.15) is 19.4 Å². The van der Waals surface area contributed by atoms with Gasteiger partial charge in [-0.1, -0.05) is 44.2 Å². The van der Waals surface area contributed by atoms with Crippen LogP contribution in [0.5, 0.6) is 0 Å². The molecule has 0 radical (unpaired) electrons. The minimum Gasteiger partial charge on any atom is -0.367 e. The van der Waals surface area contributed by atoms with Gasteiger partial charge in [0.15, 0.2) is 11.9 Å². The van der Waals surface area contributed by atoms with Crippen molar-refractivity contribution in [2.45, 2.75) is 38.0 Å². The van der Waals surface area contributed by atoms with Gasteiger partial charge in [0.2, 0.25) is 17.6 Å². The molecule has 2 amide bonds. The largest absolute Gasteiger partial charge is 0.367 e. The van der Waals surface area contributed by atoms with E-state index in [1.165, 1.54) is 14.2 Å². The Morgan fingerprint density at radius 1 is 1.19 bits per heavy atom.